The number of nitrogens with two attached hydrogens (primary N) is 2. The predicted molar refractivity (Wildman–Crippen MR) is 82.2 cm³/mol. The van der Waals surface area contributed by atoms with Crippen molar-refractivity contribution in [2.24, 2.45) is 18.5 Å². The number of aryl methyl sites for hydroxylation is 1. The van der Waals surface area contributed by atoms with Crippen LogP contribution in [0.2, 0.25) is 0 Å². The number of urea groups is 1. The summed E-state index contributed by atoms with van der Waals surface area (Å²) in [5, 5.41) is 2.98. The maximum Gasteiger partial charge on any atom is 0.317 e. The zero-order valence-corrected chi connectivity index (χ0v) is 11.8. The van der Waals surface area contributed by atoms with Crippen molar-refractivity contribution in [2.45, 2.75) is 0 Å². The third kappa shape index (κ3) is 2.16. The van der Waals surface area contributed by atoms with E-state index in [1.165, 1.54) is 0 Å². The lowest BCUT2D eigenvalue weighted by Gasteiger charge is -2.02. The van der Waals surface area contributed by atoms with E-state index in [2.05, 4.69) is 15.3 Å². The summed E-state index contributed by atoms with van der Waals surface area (Å²) in [5.74, 6) is 0.313. The largest absolute Gasteiger partial charge is 0.365 e. The second kappa shape index (κ2) is 4.92. The first kappa shape index (κ1) is 13.7. The van der Waals surface area contributed by atoms with Crippen LogP contribution in [0.15, 0.2) is 30.6 Å². The highest BCUT2D eigenvalue weighted by Gasteiger charge is 2.18. The molecule has 0 saturated heterocycles. The van der Waals surface area contributed by atoms with Gasteiger partial charge in [0.2, 0.25) is 0 Å². The molecule has 0 spiro atoms. The summed E-state index contributed by atoms with van der Waals surface area (Å²) >= 11 is 0. The fourth-order valence-corrected chi connectivity index (χ4v) is 2.45. The molecule has 0 atom stereocenters. The number of H-pyrrole nitrogens is 1. The van der Waals surface area contributed by atoms with Crippen molar-refractivity contribution < 1.29 is 9.59 Å². The number of nitrogens with zero attached hydrogens (tertiary/aromatic N) is 2. The quantitative estimate of drug-likeness (QED) is 0.578. The van der Waals surface area contributed by atoms with Crippen LogP contribution in [0.4, 0.5) is 10.6 Å². The second-order valence-corrected chi connectivity index (χ2v) is 4.85. The van der Waals surface area contributed by atoms with Crippen LogP contribution in [0.1, 0.15) is 10.4 Å². The lowest BCUT2D eigenvalue weighted by atomic mass is 10.1. The summed E-state index contributed by atoms with van der Waals surface area (Å²) in [5.41, 5.74) is 12.2. The van der Waals surface area contributed by atoms with Gasteiger partial charge in [-0.25, -0.2) is 9.78 Å². The molecule has 0 aliphatic heterocycles. The second-order valence-electron chi connectivity index (χ2n) is 4.85. The number of imidazole rings is 1. The molecule has 0 aliphatic carbocycles. The average Bonchev–Trinajstić information content (AvgIpc) is 2.99. The monoisotopic (exact) mass is 298 g/mol. The summed E-state index contributed by atoms with van der Waals surface area (Å²) in [6.45, 7) is 0. The van der Waals surface area contributed by atoms with E-state index in [9.17, 15) is 9.59 Å². The minimum Gasteiger partial charge on any atom is -0.365 e. The Hall–Kier alpha value is -3.29. The lowest BCUT2D eigenvalue weighted by molar-refractivity contribution is 0.100. The van der Waals surface area contributed by atoms with Crippen molar-refractivity contribution in [1.82, 2.24) is 14.5 Å². The number of hydrogen-bond donors (Lipinski definition) is 4. The smallest absolute Gasteiger partial charge is 0.317 e. The number of carbonyl (C=O) groups excluding carboxylic acids is 2. The number of carbonyl (C=O) groups is 2. The summed E-state index contributed by atoms with van der Waals surface area (Å²) in [7, 11) is 1.89. The molecular formula is C14H14N6O2. The first-order chi connectivity index (χ1) is 10.5. The molecule has 8 heteroatoms. The van der Waals surface area contributed by atoms with Gasteiger partial charge in [-0.1, -0.05) is 12.1 Å². The Bertz CT molecular complexity index is 892. The summed E-state index contributed by atoms with van der Waals surface area (Å²) < 4.78 is 1.88. The maximum absolute atomic E-state index is 11.6. The number of aromatic nitrogens is 3. The molecule has 1 aromatic carbocycles. The van der Waals surface area contributed by atoms with Gasteiger partial charge in [-0.2, -0.15) is 0 Å². The molecule has 3 rings (SSSR count). The molecule has 8 nitrogen and oxygen atoms in total. The predicted octanol–water partition coefficient (Wildman–Crippen LogP) is 1.16. The Morgan fingerprint density at radius 2 is 2.09 bits per heavy atom. The van der Waals surface area contributed by atoms with E-state index < -0.39 is 11.9 Å². The first-order valence-corrected chi connectivity index (χ1v) is 6.47. The number of amides is 3. The zero-order valence-electron chi connectivity index (χ0n) is 11.8. The Labute approximate surface area is 125 Å². The van der Waals surface area contributed by atoms with Crippen molar-refractivity contribution in [3.05, 3.63) is 36.2 Å². The van der Waals surface area contributed by atoms with Crippen molar-refractivity contribution in [3.63, 3.8) is 0 Å². The third-order valence-corrected chi connectivity index (χ3v) is 3.37. The van der Waals surface area contributed by atoms with Crippen LogP contribution in [0, 0.1) is 0 Å². The molecule has 0 saturated carbocycles. The molecule has 0 radical (unpaired) electrons. The van der Waals surface area contributed by atoms with Gasteiger partial charge in [-0.3, -0.25) is 10.1 Å². The summed E-state index contributed by atoms with van der Waals surface area (Å²) in [6, 6.07) is 4.63. The van der Waals surface area contributed by atoms with Crippen LogP contribution < -0.4 is 16.8 Å². The molecule has 112 valence electrons. The van der Waals surface area contributed by atoms with E-state index >= 15 is 0 Å². The molecule has 0 fully saturated rings. The van der Waals surface area contributed by atoms with E-state index in [1.54, 1.807) is 12.3 Å². The average molecular weight is 298 g/mol. The molecule has 3 aromatic rings. The van der Waals surface area contributed by atoms with Gasteiger partial charge >= 0.3 is 6.03 Å². The number of primary amides is 2. The van der Waals surface area contributed by atoms with Gasteiger partial charge in [-0.05, 0) is 6.07 Å². The van der Waals surface area contributed by atoms with Crippen LogP contribution in [0.3, 0.4) is 0 Å². The molecule has 2 aromatic heterocycles. The summed E-state index contributed by atoms with van der Waals surface area (Å²) in [6.07, 6.45) is 3.53. The highest BCUT2D eigenvalue weighted by atomic mass is 16.2. The minimum absolute atomic E-state index is 0.187. The van der Waals surface area contributed by atoms with Crippen molar-refractivity contribution in [1.29, 1.82) is 0 Å². The number of rotatable bonds is 3. The topological polar surface area (TPSA) is 132 Å². The van der Waals surface area contributed by atoms with E-state index in [1.807, 2.05) is 29.9 Å². The van der Waals surface area contributed by atoms with Gasteiger partial charge in [-0.15, -0.1) is 0 Å². The molecule has 6 N–H and O–H groups in total. The fraction of sp³-hybridized carbons (Fsp3) is 0.0714. The van der Waals surface area contributed by atoms with Gasteiger partial charge in [0.1, 0.15) is 11.6 Å². The lowest BCUT2D eigenvalue weighted by Crippen LogP contribution is -2.22. The van der Waals surface area contributed by atoms with Gasteiger partial charge < -0.3 is 21.0 Å². The van der Waals surface area contributed by atoms with E-state index in [0.717, 1.165) is 11.4 Å². The van der Waals surface area contributed by atoms with Gasteiger partial charge in [0, 0.05) is 35.9 Å². The van der Waals surface area contributed by atoms with Crippen LogP contribution in [0.5, 0.6) is 0 Å². The van der Waals surface area contributed by atoms with Crippen molar-refractivity contribution in [2.75, 3.05) is 5.32 Å². The Morgan fingerprint density at radius 3 is 2.68 bits per heavy atom. The standard InChI is InChI=1S/C14H14N6O2/c1-20-5-4-17-13(20)7-2-3-8-9(6-7)18-12(19-14(16)22)10(8)11(15)21/h2-6,18H,1H3,(H2,15,21)(H3,16,19,22). The number of benzene rings is 1. The van der Waals surface area contributed by atoms with Gasteiger partial charge in [0.15, 0.2) is 0 Å². The molecule has 22 heavy (non-hydrogen) atoms. The van der Waals surface area contributed by atoms with Gasteiger partial charge in [0.05, 0.1) is 5.56 Å². The number of aromatic amines is 1. The molecule has 0 bridgehead atoms. The molecule has 3 amide bonds. The number of fused-ring (bicyclic) bond motifs is 1. The van der Waals surface area contributed by atoms with E-state index in [0.29, 0.717) is 10.9 Å². The van der Waals surface area contributed by atoms with Gasteiger partial charge in [0.25, 0.3) is 5.91 Å². The van der Waals surface area contributed by atoms with Crippen LogP contribution in [-0.2, 0) is 7.05 Å². The third-order valence-electron chi connectivity index (χ3n) is 3.37. The van der Waals surface area contributed by atoms with E-state index in [-0.39, 0.29) is 11.4 Å². The maximum atomic E-state index is 11.6. The minimum atomic E-state index is -0.779. The molecule has 0 unspecified atom stereocenters. The van der Waals surface area contributed by atoms with E-state index in [4.69, 9.17) is 11.5 Å². The highest BCUT2D eigenvalue weighted by Crippen LogP contribution is 2.29. The van der Waals surface area contributed by atoms with Crippen LogP contribution in [0.25, 0.3) is 22.3 Å². The first-order valence-electron chi connectivity index (χ1n) is 6.47. The number of nitrogens with one attached hydrogen (secondary N) is 2. The Balaban J connectivity index is 2.19. The van der Waals surface area contributed by atoms with Crippen molar-refractivity contribution in [3.8, 4) is 11.4 Å². The Kier molecular flexibility index (Phi) is 3.06. The highest BCUT2D eigenvalue weighted by molar-refractivity contribution is 6.13. The normalized spacial score (nSPS) is 10.8. The number of hydrogen-bond acceptors (Lipinski definition) is 3. The van der Waals surface area contributed by atoms with Crippen LogP contribution >= 0.6 is 0 Å². The summed E-state index contributed by atoms with van der Waals surface area (Å²) in [4.78, 5) is 29.9. The molecule has 2 heterocycles. The molecular weight excluding hydrogens is 284 g/mol. The Morgan fingerprint density at radius 1 is 1.32 bits per heavy atom. The molecule has 0 aliphatic rings. The van der Waals surface area contributed by atoms with Crippen LogP contribution in [-0.4, -0.2) is 26.5 Å². The number of anilines is 1. The fourth-order valence-electron chi connectivity index (χ4n) is 2.45. The SMILES string of the molecule is Cn1ccnc1-c1ccc2c(C(N)=O)c(NC(N)=O)[nH]c2c1. The zero-order chi connectivity index (χ0) is 15.9. The van der Waals surface area contributed by atoms with Crippen molar-refractivity contribution >= 4 is 28.7 Å².